The minimum Gasteiger partial charge on any atom is -0.369 e. The Hall–Kier alpha value is -1.87. The Balaban J connectivity index is 2.32. The molecule has 2 atom stereocenters. The quantitative estimate of drug-likeness (QED) is 0.846. The molecule has 2 heterocycles. The molecule has 0 unspecified atom stereocenters. The molecule has 6 heteroatoms. The van der Waals surface area contributed by atoms with Gasteiger partial charge in [0.25, 0.3) is 5.91 Å². The van der Waals surface area contributed by atoms with Gasteiger partial charge in [-0.1, -0.05) is 0 Å². The number of rotatable bonds is 4. The van der Waals surface area contributed by atoms with Gasteiger partial charge in [0.15, 0.2) is 0 Å². The van der Waals surface area contributed by atoms with Gasteiger partial charge in [-0.25, -0.2) is 0 Å². The molecule has 1 aromatic rings. The van der Waals surface area contributed by atoms with Crippen molar-refractivity contribution in [1.82, 2.24) is 15.1 Å². The number of fused-ring (bicyclic) bond motifs is 1. The highest BCUT2D eigenvalue weighted by Crippen LogP contribution is 2.31. The summed E-state index contributed by atoms with van der Waals surface area (Å²) in [4.78, 5) is 12.3. The summed E-state index contributed by atoms with van der Waals surface area (Å²) in [6.07, 6.45) is 0.995. The van der Waals surface area contributed by atoms with E-state index in [1.54, 1.807) is 4.68 Å². The minimum atomic E-state index is -0.155. The summed E-state index contributed by atoms with van der Waals surface area (Å²) in [6, 6.07) is 2.02. The number of carbonyl (C=O) groups excluding carboxylic acids is 1. The Labute approximate surface area is 118 Å². The first-order chi connectivity index (χ1) is 9.58. The second-order valence-corrected chi connectivity index (χ2v) is 4.99. The Kier molecular flexibility index (Phi) is 4.40. The summed E-state index contributed by atoms with van der Waals surface area (Å²) in [5, 5.41) is 15.8. The van der Waals surface area contributed by atoms with Crippen LogP contribution in [0.25, 0.3) is 0 Å². The standard InChI is InChI=1S/C14H20N4O2/c1-4-18-13(14(19)16-7-5-6-15)11-8-9(2)20-10(3)12(11)17-18/h9-10H,4-5,7-8H2,1-3H3,(H,16,19)/t9-,10+/m0/s1. The molecule has 1 N–H and O–H groups in total. The Morgan fingerprint density at radius 2 is 2.35 bits per heavy atom. The second-order valence-electron chi connectivity index (χ2n) is 4.99. The molecule has 0 spiro atoms. The van der Waals surface area contributed by atoms with E-state index in [0.717, 1.165) is 11.3 Å². The van der Waals surface area contributed by atoms with E-state index in [1.807, 2.05) is 26.8 Å². The van der Waals surface area contributed by atoms with E-state index in [0.29, 0.717) is 31.6 Å². The van der Waals surface area contributed by atoms with Crippen molar-refractivity contribution >= 4 is 5.91 Å². The van der Waals surface area contributed by atoms with Crippen LogP contribution in [-0.2, 0) is 17.7 Å². The normalized spacial score (nSPS) is 21.1. The number of carbonyl (C=O) groups is 1. The summed E-state index contributed by atoms with van der Waals surface area (Å²) >= 11 is 0. The molecule has 1 aliphatic heterocycles. The topological polar surface area (TPSA) is 79.9 Å². The second kappa shape index (κ2) is 6.06. The van der Waals surface area contributed by atoms with Gasteiger partial charge in [0.1, 0.15) is 5.69 Å². The van der Waals surface area contributed by atoms with Crippen LogP contribution in [0.4, 0.5) is 0 Å². The molecule has 1 aliphatic rings. The molecule has 0 aromatic carbocycles. The van der Waals surface area contributed by atoms with Gasteiger partial charge in [-0.2, -0.15) is 10.4 Å². The summed E-state index contributed by atoms with van der Waals surface area (Å²) in [5.41, 5.74) is 2.45. The molecular formula is C14H20N4O2. The zero-order chi connectivity index (χ0) is 14.7. The van der Waals surface area contributed by atoms with Gasteiger partial charge in [-0.3, -0.25) is 9.48 Å². The number of nitrogens with zero attached hydrogens (tertiary/aromatic N) is 3. The van der Waals surface area contributed by atoms with Crippen molar-refractivity contribution in [3.05, 3.63) is 17.0 Å². The molecule has 0 saturated heterocycles. The minimum absolute atomic E-state index is 0.0812. The van der Waals surface area contributed by atoms with Gasteiger partial charge in [0.05, 0.1) is 30.4 Å². The SMILES string of the molecule is CCn1nc2c(c1C(=O)NCCC#N)C[C@H](C)O[C@@H]2C. The molecule has 20 heavy (non-hydrogen) atoms. The maximum atomic E-state index is 12.3. The van der Waals surface area contributed by atoms with Gasteiger partial charge < -0.3 is 10.1 Å². The zero-order valence-corrected chi connectivity index (χ0v) is 12.1. The summed E-state index contributed by atoms with van der Waals surface area (Å²) in [5.74, 6) is -0.155. The van der Waals surface area contributed by atoms with E-state index in [9.17, 15) is 4.79 Å². The summed E-state index contributed by atoms with van der Waals surface area (Å²) < 4.78 is 7.48. The van der Waals surface area contributed by atoms with Gasteiger partial charge in [0, 0.05) is 25.1 Å². The average molecular weight is 276 g/mol. The highest BCUT2D eigenvalue weighted by atomic mass is 16.5. The van der Waals surface area contributed by atoms with Gasteiger partial charge >= 0.3 is 0 Å². The van der Waals surface area contributed by atoms with Crippen molar-refractivity contribution in [1.29, 1.82) is 5.26 Å². The molecule has 108 valence electrons. The smallest absolute Gasteiger partial charge is 0.269 e. The lowest BCUT2D eigenvalue weighted by Gasteiger charge is -2.24. The van der Waals surface area contributed by atoms with Crippen LogP contribution in [-0.4, -0.2) is 28.3 Å². The van der Waals surface area contributed by atoms with E-state index in [4.69, 9.17) is 10.00 Å². The van der Waals surface area contributed by atoms with E-state index in [1.165, 1.54) is 0 Å². The first-order valence-electron chi connectivity index (χ1n) is 6.98. The van der Waals surface area contributed by atoms with Crippen LogP contribution < -0.4 is 5.32 Å². The van der Waals surface area contributed by atoms with Crippen molar-refractivity contribution in [3.63, 3.8) is 0 Å². The summed E-state index contributed by atoms with van der Waals surface area (Å²) in [6.45, 7) is 6.91. The predicted octanol–water partition coefficient (Wildman–Crippen LogP) is 1.57. The van der Waals surface area contributed by atoms with E-state index >= 15 is 0 Å². The molecule has 0 aliphatic carbocycles. The maximum Gasteiger partial charge on any atom is 0.269 e. The molecule has 2 rings (SSSR count). The lowest BCUT2D eigenvalue weighted by molar-refractivity contribution is -0.00712. The summed E-state index contributed by atoms with van der Waals surface area (Å²) in [7, 11) is 0. The molecule has 1 amide bonds. The molecule has 0 fully saturated rings. The average Bonchev–Trinajstić information content (AvgIpc) is 2.77. The predicted molar refractivity (Wildman–Crippen MR) is 73.1 cm³/mol. The Morgan fingerprint density at radius 1 is 1.60 bits per heavy atom. The van der Waals surface area contributed by atoms with Crippen LogP contribution >= 0.6 is 0 Å². The maximum absolute atomic E-state index is 12.3. The number of hydrogen-bond acceptors (Lipinski definition) is 4. The third kappa shape index (κ3) is 2.68. The molecule has 0 radical (unpaired) electrons. The Morgan fingerprint density at radius 3 is 3.00 bits per heavy atom. The van der Waals surface area contributed by atoms with Gasteiger partial charge in [-0.05, 0) is 20.8 Å². The van der Waals surface area contributed by atoms with Crippen LogP contribution in [0.5, 0.6) is 0 Å². The first kappa shape index (κ1) is 14.5. The molecule has 0 bridgehead atoms. The first-order valence-corrected chi connectivity index (χ1v) is 6.98. The van der Waals surface area contributed by atoms with Gasteiger partial charge in [0.2, 0.25) is 0 Å². The van der Waals surface area contributed by atoms with Gasteiger partial charge in [-0.15, -0.1) is 0 Å². The molecule has 6 nitrogen and oxygen atoms in total. The van der Waals surface area contributed by atoms with Crippen molar-refractivity contribution in [2.24, 2.45) is 0 Å². The van der Waals surface area contributed by atoms with Crippen molar-refractivity contribution < 1.29 is 9.53 Å². The molecule has 0 saturated carbocycles. The van der Waals surface area contributed by atoms with E-state index in [-0.39, 0.29) is 18.1 Å². The number of amides is 1. The fourth-order valence-corrected chi connectivity index (χ4v) is 2.59. The monoisotopic (exact) mass is 276 g/mol. The lowest BCUT2D eigenvalue weighted by atomic mass is 9.99. The zero-order valence-electron chi connectivity index (χ0n) is 12.1. The highest BCUT2D eigenvalue weighted by molar-refractivity contribution is 5.94. The van der Waals surface area contributed by atoms with Crippen LogP contribution in [0.3, 0.4) is 0 Å². The largest absolute Gasteiger partial charge is 0.369 e. The third-order valence-corrected chi connectivity index (χ3v) is 3.43. The molecular weight excluding hydrogens is 256 g/mol. The van der Waals surface area contributed by atoms with E-state index in [2.05, 4.69) is 10.4 Å². The Bertz CT molecular complexity index is 544. The van der Waals surface area contributed by atoms with Crippen molar-refractivity contribution in [2.45, 2.75) is 52.4 Å². The highest BCUT2D eigenvalue weighted by Gasteiger charge is 2.31. The van der Waals surface area contributed by atoms with Crippen LogP contribution in [0, 0.1) is 11.3 Å². The fourth-order valence-electron chi connectivity index (χ4n) is 2.59. The van der Waals surface area contributed by atoms with Crippen LogP contribution in [0.2, 0.25) is 0 Å². The number of nitrogens with one attached hydrogen (secondary N) is 1. The fraction of sp³-hybridized carbons (Fsp3) is 0.643. The lowest BCUT2D eigenvalue weighted by Crippen LogP contribution is -2.29. The number of nitriles is 1. The number of aromatic nitrogens is 2. The van der Waals surface area contributed by atoms with Crippen molar-refractivity contribution in [3.8, 4) is 6.07 Å². The third-order valence-electron chi connectivity index (χ3n) is 3.43. The number of aryl methyl sites for hydroxylation is 1. The van der Waals surface area contributed by atoms with E-state index < -0.39 is 0 Å². The number of hydrogen-bond donors (Lipinski definition) is 1. The van der Waals surface area contributed by atoms with Crippen LogP contribution in [0.1, 0.15) is 55.0 Å². The van der Waals surface area contributed by atoms with Crippen molar-refractivity contribution in [2.75, 3.05) is 6.54 Å². The molecule has 1 aromatic heterocycles. The number of ether oxygens (including phenoxy) is 1. The van der Waals surface area contributed by atoms with Crippen LogP contribution in [0.15, 0.2) is 0 Å².